The van der Waals surface area contributed by atoms with Gasteiger partial charge in [0.15, 0.2) is 0 Å². The molecule has 0 spiro atoms. The highest BCUT2D eigenvalue weighted by Gasteiger charge is 2.06. The van der Waals surface area contributed by atoms with Gasteiger partial charge in [-0.3, -0.25) is 10.2 Å². The van der Waals surface area contributed by atoms with E-state index in [0.717, 1.165) is 11.1 Å². The first-order chi connectivity index (χ1) is 6.06. The van der Waals surface area contributed by atoms with Gasteiger partial charge in [0.25, 0.3) is 5.91 Å². The molecule has 0 unspecified atom stereocenters. The number of rotatable bonds is 1. The van der Waals surface area contributed by atoms with Gasteiger partial charge < -0.3 is 0 Å². The maximum atomic E-state index is 11.2. The number of hydrazine groups is 1. The van der Waals surface area contributed by atoms with E-state index >= 15 is 0 Å². The number of nitrogens with two attached hydrogens (primary N) is 1. The molecule has 0 aliphatic heterocycles. The lowest BCUT2D eigenvalue weighted by Crippen LogP contribution is -2.30. The van der Waals surface area contributed by atoms with Crippen molar-refractivity contribution in [2.24, 2.45) is 5.84 Å². The first-order valence-corrected chi connectivity index (χ1v) is 4.15. The van der Waals surface area contributed by atoms with E-state index < -0.39 is 0 Å². The van der Waals surface area contributed by atoms with Gasteiger partial charge in [0.05, 0.1) is 0 Å². The number of amides is 1. The zero-order valence-corrected chi connectivity index (χ0v) is 8.14. The van der Waals surface area contributed by atoms with Gasteiger partial charge >= 0.3 is 0 Å². The molecule has 70 valence electrons. The van der Waals surface area contributed by atoms with E-state index in [0.29, 0.717) is 5.56 Å². The van der Waals surface area contributed by atoms with Crippen LogP contribution in [0.2, 0.25) is 0 Å². The van der Waals surface area contributed by atoms with E-state index in [1.807, 2.05) is 32.9 Å². The van der Waals surface area contributed by atoms with Gasteiger partial charge in [-0.15, -0.1) is 0 Å². The summed E-state index contributed by atoms with van der Waals surface area (Å²) in [6, 6.07) is 3.68. The zero-order chi connectivity index (χ0) is 10.0. The molecule has 1 amide bonds. The van der Waals surface area contributed by atoms with Crippen LogP contribution in [0.1, 0.15) is 27.0 Å². The van der Waals surface area contributed by atoms with Crippen LogP contribution in [-0.4, -0.2) is 5.91 Å². The highest BCUT2D eigenvalue weighted by Crippen LogP contribution is 2.14. The Hall–Kier alpha value is -1.35. The summed E-state index contributed by atoms with van der Waals surface area (Å²) in [5.74, 6) is 4.80. The van der Waals surface area contributed by atoms with Crippen molar-refractivity contribution in [3.8, 4) is 0 Å². The van der Waals surface area contributed by atoms with Crippen LogP contribution in [-0.2, 0) is 0 Å². The predicted octanol–water partition coefficient (Wildman–Crippen LogP) is 1.22. The molecule has 0 aromatic heterocycles. The molecule has 0 saturated heterocycles. The lowest BCUT2D eigenvalue weighted by molar-refractivity contribution is 0.0953. The fourth-order valence-electron chi connectivity index (χ4n) is 1.25. The Morgan fingerprint density at radius 2 is 1.69 bits per heavy atom. The molecular formula is C10H14N2O. The lowest BCUT2D eigenvalue weighted by Gasteiger charge is -2.07. The average Bonchev–Trinajstić information content (AvgIpc) is 2.12. The molecular weight excluding hydrogens is 164 g/mol. The Balaban J connectivity index is 3.20. The summed E-state index contributed by atoms with van der Waals surface area (Å²) in [6.45, 7) is 6.00. The van der Waals surface area contributed by atoms with Gasteiger partial charge in [0, 0.05) is 5.56 Å². The van der Waals surface area contributed by atoms with E-state index in [1.54, 1.807) is 0 Å². The number of nitrogens with one attached hydrogen (secondary N) is 1. The van der Waals surface area contributed by atoms with Crippen molar-refractivity contribution in [1.82, 2.24) is 5.43 Å². The smallest absolute Gasteiger partial charge is 0.265 e. The largest absolute Gasteiger partial charge is 0.290 e. The second kappa shape index (κ2) is 3.58. The third-order valence-corrected chi connectivity index (χ3v) is 2.32. The van der Waals surface area contributed by atoms with Gasteiger partial charge in [0.1, 0.15) is 0 Å². The van der Waals surface area contributed by atoms with Gasteiger partial charge in [-0.05, 0) is 49.6 Å². The van der Waals surface area contributed by atoms with Crippen molar-refractivity contribution >= 4 is 5.91 Å². The third-order valence-electron chi connectivity index (χ3n) is 2.32. The van der Waals surface area contributed by atoms with E-state index in [1.165, 1.54) is 5.56 Å². The summed E-state index contributed by atoms with van der Waals surface area (Å²) in [4.78, 5) is 11.2. The van der Waals surface area contributed by atoms with Crippen LogP contribution in [0.4, 0.5) is 0 Å². The number of aryl methyl sites for hydroxylation is 2. The second-order valence-electron chi connectivity index (χ2n) is 3.21. The average molecular weight is 178 g/mol. The molecule has 1 aromatic carbocycles. The van der Waals surface area contributed by atoms with Gasteiger partial charge in [0.2, 0.25) is 0 Å². The first kappa shape index (κ1) is 9.74. The van der Waals surface area contributed by atoms with E-state index in [-0.39, 0.29) is 5.91 Å². The predicted molar refractivity (Wildman–Crippen MR) is 52.3 cm³/mol. The van der Waals surface area contributed by atoms with E-state index in [2.05, 4.69) is 5.43 Å². The molecule has 0 aliphatic rings. The fraction of sp³-hybridized carbons (Fsp3) is 0.300. The first-order valence-electron chi connectivity index (χ1n) is 4.15. The highest BCUT2D eigenvalue weighted by molar-refractivity contribution is 5.94. The van der Waals surface area contributed by atoms with Crippen molar-refractivity contribution in [2.75, 3.05) is 0 Å². The molecule has 0 atom stereocenters. The maximum absolute atomic E-state index is 11.2. The van der Waals surface area contributed by atoms with Crippen molar-refractivity contribution in [1.29, 1.82) is 0 Å². The topological polar surface area (TPSA) is 55.1 Å². The summed E-state index contributed by atoms with van der Waals surface area (Å²) in [7, 11) is 0. The molecule has 3 heteroatoms. The Kier molecular flexibility index (Phi) is 2.68. The van der Waals surface area contributed by atoms with Crippen molar-refractivity contribution < 1.29 is 4.79 Å². The summed E-state index contributed by atoms with van der Waals surface area (Å²) in [5.41, 5.74) is 6.17. The summed E-state index contributed by atoms with van der Waals surface area (Å²) in [5, 5.41) is 0. The van der Waals surface area contributed by atoms with Crippen molar-refractivity contribution in [3.63, 3.8) is 0 Å². The van der Waals surface area contributed by atoms with Crippen LogP contribution < -0.4 is 11.3 Å². The van der Waals surface area contributed by atoms with Crippen LogP contribution >= 0.6 is 0 Å². The number of benzene rings is 1. The molecule has 0 aliphatic carbocycles. The Morgan fingerprint density at radius 3 is 2.08 bits per heavy atom. The number of hydrogen-bond donors (Lipinski definition) is 2. The number of nitrogen functional groups attached to an aromatic ring is 1. The van der Waals surface area contributed by atoms with E-state index in [9.17, 15) is 4.79 Å². The van der Waals surface area contributed by atoms with Crippen LogP contribution in [0.5, 0.6) is 0 Å². The molecule has 0 saturated carbocycles. The van der Waals surface area contributed by atoms with Gasteiger partial charge in [-0.1, -0.05) is 0 Å². The highest BCUT2D eigenvalue weighted by atomic mass is 16.2. The van der Waals surface area contributed by atoms with Gasteiger partial charge in [-0.2, -0.15) is 0 Å². The molecule has 3 nitrogen and oxygen atoms in total. The van der Waals surface area contributed by atoms with Crippen LogP contribution in [0.25, 0.3) is 0 Å². The van der Waals surface area contributed by atoms with Crippen molar-refractivity contribution in [3.05, 3.63) is 34.4 Å². The Bertz CT molecular complexity index is 322. The minimum atomic E-state index is -0.244. The van der Waals surface area contributed by atoms with Crippen LogP contribution in [0.15, 0.2) is 12.1 Å². The Labute approximate surface area is 77.9 Å². The minimum Gasteiger partial charge on any atom is -0.290 e. The lowest BCUT2D eigenvalue weighted by atomic mass is 10.0. The Morgan fingerprint density at radius 1 is 1.23 bits per heavy atom. The van der Waals surface area contributed by atoms with Crippen LogP contribution in [0, 0.1) is 20.8 Å². The number of carbonyl (C=O) groups excluding carboxylic acids is 1. The summed E-state index contributed by atoms with van der Waals surface area (Å²) >= 11 is 0. The molecule has 0 fully saturated rings. The molecule has 13 heavy (non-hydrogen) atoms. The van der Waals surface area contributed by atoms with E-state index in [4.69, 9.17) is 5.84 Å². The zero-order valence-electron chi connectivity index (χ0n) is 8.14. The molecule has 0 heterocycles. The quantitative estimate of drug-likeness (QED) is 0.386. The fourth-order valence-corrected chi connectivity index (χ4v) is 1.25. The molecule has 1 rings (SSSR count). The van der Waals surface area contributed by atoms with Crippen LogP contribution in [0.3, 0.4) is 0 Å². The van der Waals surface area contributed by atoms with Gasteiger partial charge in [-0.25, -0.2) is 5.84 Å². The monoisotopic (exact) mass is 178 g/mol. The maximum Gasteiger partial charge on any atom is 0.265 e. The summed E-state index contributed by atoms with van der Waals surface area (Å²) in [6.07, 6.45) is 0. The minimum absolute atomic E-state index is 0.244. The second-order valence-corrected chi connectivity index (χ2v) is 3.21. The molecule has 3 N–H and O–H groups in total. The standard InChI is InChI=1S/C10H14N2O/c1-6-4-9(10(13)12-11)5-7(2)8(6)3/h4-5H,11H2,1-3H3,(H,12,13). The molecule has 1 aromatic rings. The molecule has 0 radical (unpaired) electrons. The SMILES string of the molecule is Cc1cc(C(=O)NN)cc(C)c1C. The normalized spacial score (nSPS) is 9.85. The third kappa shape index (κ3) is 1.87. The van der Waals surface area contributed by atoms with Crippen molar-refractivity contribution in [2.45, 2.75) is 20.8 Å². The molecule has 0 bridgehead atoms. The number of hydrogen-bond acceptors (Lipinski definition) is 2. The summed E-state index contributed by atoms with van der Waals surface area (Å²) < 4.78 is 0. The number of carbonyl (C=O) groups is 1.